The molecule has 0 N–H and O–H groups in total. The van der Waals surface area contributed by atoms with E-state index in [1.807, 2.05) is 46.4 Å². The van der Waals surface area contributed by atoms with Gasteiger partial charge in [0.2, 0.25) is 5.91 Å². The molecule has 1 amide bonds. The molecule has 0 unspecified atom stereocenters. The average Bonchev–Trinajstić information content (AvgIpc) is 2.60. The highest BCUT2D eigenvalue weighted by molar-refractivity contribution is 5.75. The van der Waals surface area contributed by atoms with E-state index < -0.39 is 0 Å². The Morgan fingerprint density at radius 2 is 1.76 bits per heavy atom. The molecule has 1 fully saturated rings. The number of rotatable bonds is 1. The summed E-state index contributed by atoms with van der Waals surface area (Å²) in [6.07, 6.45) is 5.67. The van der Waals surface area contributed by atoms with Crippen LogP contribution in [0.2, 0.25) is 0 Å². The zero-order valence-corrected chi connectivity index (χ0v) is 14.4. The molecule has 0 radical (unpaired) electrons. The molecule has 0 saturated carbocycles. The molecule has 5 nitrogen and oxygen atoms in total. The fraction of sp³-hybridized carbons (Fsp3) is 0.688. The van der Waals surface area contributed by atoms with Gasteiger partial charge in [0.1, 0.15) is 0 Å². The van der Waals surface area contributed by atoms with Crippen LogP contribution >= 0.6 is 0 Å². The molecule has 0 aliphatic carbocycles. The Labute approximate surface area is 129 Å². The molecule has 1 aliphatic rings. The Morgan fingerprint density at radius 1 is 1.19 bits per heavy atom. The molecule has 122 valence electrons. The van der Waals surface area contributed by atoms with Crippen molar-refractivity contribution in [3.05, 3.63) is 24.3 Å². The smallest absolute Gasteiger partial charge is 0.222 e. The second-order valence-electron chi connectivity index (χ2n) is 3.69. The third-order valence-corrected chi connectivity index (χ3v) is 2.36. The van der Waals surface area contributed by atoms with Crippen LogP contribution in [0.5, 0.6) is 0 Å². The number of nitrogens with zero attached hydrogens (tertiary/aromatic N) is 3. The van der Waals surface area contributed by atoms with Crippen molar-refractivity contribution in [2.75, 3.05) is 26.3 Å². The highest BCUT2D eigenvalue weighted by Gasteiger charge is 2.13. The Kier molecular flexibility index (Phi) is 17.2. The van der Waals surface area contributed by atoms with Crippen LogP contribution in [0.15, 0.2) is 18.6 Å². The topological polar surface area (TPSA) is 55.3 Å². The summed E-state index contributed by atoms with van der Waals surface area (Å²) in [7, 11) is 0. The van der Waals surface area contributed by atoms with Crippen molar-refractivity contribution in [2.45, 2.75) is 48.0 Å². The third kappa shape index (κ3) is 12.0. The van der Waals surface area contributed by atoms with E-state index in [4.69, 9.17) is 4.74 Å². The minimum absolute atomic E-state index is 0.239. The summed E-state index contributed by atoms with van der Waals surface area (Å²) in [6.45, 7) is 14.7. The van der Waals surface area contributed by atoms with Gasteiger partial charge < -0.3 is 9.64 Å². The molecular weight excluding hydrogens is 266 g/mol. The molecule has 1 aromatic rings. The number of aryl methyl sites for hydroxylation is 1. The summed E-state index contributed by atoms with van der Waals surface area (Å²) in [5.41, 5.74) is 0.961. The second kappa shape index (κ2) is 16.6. The molecule has 0 spiro atoms. The predicted octanol–water partition coefficient (Wildman–Crippen LogP) is 3.09. The van der Waals surface area contributed by atoms with Gasteiger partial charge in [-0.2, -0.15) is 0 Å². The van der Waals surface area contributed by atoms with Crippen LogP contribution in [0.4, 0.5) is 0 Å². The van der Waals surface area contributed by atoms with Gasteiger partial charge in [-0.3, -0.25) is 14.8 Å². The number of carbonyl (C=O) groups excluding carboxylic acids is 1. The minimum atomic E-state index is 0.239. The van der Waals surface area contributed by atoms with E-state index in [1.165, 1.54) is 0 Å². The number of morpholine rings is 1. The molecule has 0 aromatic carbocycles. The lowest BCUT2D eigenvalue weighted by Crippen LogP contribution is -2.40. The highest BCUT2D eigenvalue weighted by Crippen LogP contribution is 1.98. The molecule has 0 bridgehead atoms. The fourth-order valence-corrected chi connectivity index (χ4v) is 1.41. The lowest BCUT2D eigenvalue weighted by Gasteiger charge is -2.26. The van der Waals surface area contributed by atoms with Gasteiger partial charge in [-0.05, 0) is 6.92 Å². The van der Waals surface area contributed by atoms with Crippen LogP contribution in [0.3, 0.4) is 0 Å². The first-order valence-electron chi connectivity index (χ1n) is 7.82. The summed E-state index contributed by atoms with van der Waals surface area (Å²) in [5.74, 6) is 0.239. The molecule has 1 aliphatic heterocycles. The summed E-state index contributed by atoms with van der Waals surface area (Å²) >= 11 is 0. The van der Waals surface area contributed by atoms with E-state index in [0.29, 0.717) is 19.6 Å². The van der Waals surface area contributed by atoms with Crippen molar-refractivity contribution in [2.24, 2.45) is 0 Å². The molecule has 2 heterocycles. The maximum absolute atomic E-state index is 11.0. The number of hydrogen-bond donors (Lipinski definition) is 0. The second-order valence-corrected chi connectivity index (χ2v) is 3.69. The molecule has 5 heteroatoms. The quantitative estimate of drug-likeness (QED) is 0.799. The van der Waals surface area contributed by atoms with Crippen molar-refractivity contribution < 1.29 is 9.53 Å². The number of aromatic nitrogens is 2. The Balaban J connectivity index is 0. The van der Waals surface area contributed by atoms with Crippen molar-refractivity contribution in [3.63, 3.8) is 0 Å². The van der Waals surface area contributed by atoms with Crippen molar-refractivity contribution in [1.82, 2.24) is 14.9 Å². The average molecular weight is 297 g/mol. The maximum atomic E-state index is 11.0. The highest BCUT2D eigenvalue weighted by atomic mass is 16.5. The normalized spacial score (nSPS) is 12.6. The molecule has 1 aromatic heterocycles. The van der Waals surface area contributed by atoms with Gasteiger partial charge in [0.25, 0.3) is 0 Å². The van der Waals surface area contributed by atoms with Gasteiger partial charge in [-0.25, -0.2) is 0 Å². The number of carbonyl (C=O) groups is 1. The van der Waals surface area contributed by atoms with Crippen LogP contribution in [0.1, 0.15) is 46.7 Å². The van der Waals surface area contributed by atoms with E-state index in [0.717, 1.165) is 18.8 Å². The lowest BCUT2D eigenvalue weighted by molar-refractivity contribution is -0.134. The van der Waals surface area contributed by atoms with E-state index >= 15 is 0 Å². The zero-order valence-electron chi connectivity index (χ0n) is 14.4. The number of amides is 1. The molecule has 1 saturated heterocycles. The molecule has 0 atom stereocenters. The van der Waals surface area contributed by atoms with Crippen LogP contribution in [0.25, 0.3) is 0 Å². The van der Waals surface area contributed by atoms with E-state index in [1.54, 1.807) is 18.6 Å². The van der Waals surface area contributed by atoms with Crippen LogP contribution in [-0.4, -0.2) is 47.1 Å². The first kappa shape index (κ1) is 21.8. The van der Waals surface area contributed by atoms with E-state index in [2.05, 4.69) is 9.97 Å². The van der Waals surface area contributed by atoms with Gasteiger partial charge >= 0.3 is 0 Å². The number of ether oxygens (including phenoxy) is 1. The largest absolute Gasteiger partial charge is 0.378 e. The Hall–Kier alpha value is -1.49. The first-order chi connectivity index (χ1) is 10.2. The monoisotopic (exact) mass is 297 g/mol. The summed E-state index contributed by atoms with van der Waals surface area (Å²) in [6, 6.07) is 0. The summed E-state index contributed by atoms with van der Waals surface area (Å²) < 4.78 is 5.10. The van der Waals surface area contributed by atoms with Gasteiger partial charge in [-0.1, -0.05) is 34.6 Å². The first-order valence-corrected chi connectivity index (χ1v) is 7.82. The molecule has 2 rings (SSSR count). The van der Waals surface area contributed by atoms with Crippen LogP contribution < -0.4 is 0 Å². The molecule has 21 heavy (non-hydrogen) atoms. The zero-order chi connectivity index (χ0) is 16.5. The maximum Gasteiger partial charge on any atom is 0.222 e. The summed E-state index contributed by atoms with van der Waals surface area (Å²) in [4.78, 5) is 20.6. The number of hydrogen-bond acceptors (Lipinski definition) is 4. The van der Waals surface area contributed by atoms with Crippen molar-refractivity contribution >= 4 is 5.91 Å². The van der Waals surface area contributed by atoms with Gasteiger partial charge in [0.05, 0.1) is 18.9 Å². The predicted molar refractivity (Wildman–Crippen MR) is 87.2 cm³/mol. The molecular formula is C16H31N3O2. The van der Waals surface area contributed by atoms with Gasteiger partial charge in [0, 0.05) is 38.1 Å². The Bertz CT molecular complexity index is 326. The van der Waals surface area contributed by atoms with Crippen LogP contribution in [-0.2, 0) is 9.53 Å². The fourth-order valence-electron chi connectivity index (χ4n) is 1.41. The SMILES string of the molecule is CC.CC.CCC(=O)N1CCOCC1.Cc1cnccn1. The standard InChI is InChI=1S/C7H13NO2.C5H6N2.2C2H6/c1-2-7(9)8-3-5-10-6-4-8;1-5-4-6-2-3-7-5;2*1-2/h2-6H2,1H3;2-4H,1H3;2*1-2H3. The summed E-state index contributed by atoms with van der Waals surface area (Å²) in [5, 5.41) is 0. The van der Waals surface area contributed by atoms with Gasteiger partial charge in [0.15, 0.2) is 0 Å². The lowest BCUT2D eigenvalue weighted by atomic mass is 10.3. The third-order valence-electron chi connectivity index (χ3n) is 2.36. The van der Waals surface area contributed by atoms with E-state index in [9.17, 15) is 4.79 Å². The van der Waals surface area contributed by atoms with E-state index in [-0.39, 0.29) is 5.91 Å². The minimum Gasteiger partial charge on any atom is -0.378 e. The van der Waals surface area contributed by atoms with Crippen molar-refractivity contribution in [1.29, 1.82) is 0 Å². The van der Waals surface area contributed by atoms with Gasteiger partial charge in [-0.15, -0.1) is 0 Å². The van der Waals surface area contributed by atoms with Crippen molar-refractivity contribution in [3.8, 4) is 0 Å². The Morgan fingerprint density at radius 3 is 2.10 bits per heavy atom. The van der Waals surface area contributed by atoms with Crippen LogP contribution in [0, 0.1) is 6.92 Å².